The van der Waals surface area contributed by atoms with Gasteiger partial charge in [-0.3, -0.25) is 0 Å². The first-order valence-corrected chi connectivity index (χ1v) is 4.45. The largest absolute Gasteiger partial charge is 0.479 e. The van der Waals surface area contributed by atoms with Gasteiger partial charge in [0.25, 0.3) is 0 Å². The van der Waals surface area contributed by atoms with Gasteiger partial charge in [-0.2, -0.15) is 0 Å². The molecule has 0 aromatic heterocycles. The number of benzene rings is 1. The number of fused-ring (bicyclic) bond motifs is 1. The third kappa shape index (κ3) is 1.77. The van der Waals surface area contributed by atoms with Crippen molar-refractivity contribution < 1.29 is 23.4 Å². The molecule has 0 bridgehead atoms. The lowest BCUT2D eigenvalue weighted by Gasteiger charge is -2.23. The highest BCUT2D eigenvalue weighted by Crippen LogP contribution is 2.30. The van der Waals surface area contributed by atoms with E-state index in [0.29, 0.717) is 0 Å². The number of carboxylic acid groups (broad SMARTS) is 1. The molecular formula is C10H8F2O3. The normalized spacial score (nSPS) is 19.2. The topological polar surface area (TPSA) is 46.5 Å². The summed E-state index contributed by atoms with van der Waals surface area (Å²) in [5.41, 5.74) is 0.244. The molecule has 0 saturated heterocycles. The van der Waals surface area contributed by atoms with Crippen LogP contribution in [0.1, 0.15) is 12.0 Å². The first-order chi connectivity index (χ1) is 7.08. The zero-order valence-electron chi connectivity index (χ0n) is 7.67. The SMILES string of the molecule is O=C(O)C1CCc2c(F)cc(F)cc2O1. The van der Waals surface area contributed by atoms with Crippen LogP contribution in [0.2, 0.25) is 0 Å². The minimum Gasteiger partial charge on any atom is -0.479 e. The molecule has 1 aromatic rings. The van der Waals surface area contributed by atoms with Crippen molar-refractivity contribution in [1.29, 1.82) is 0 Å². The third-order valence-electron chi connectivity index (χ3n) is 2.32. The van der Waals surface area contributed by atoms with Crippen molar-refractivity contribution in [3.8, 4) is 5.75 Å². The Bertz CT molecular complexity index is 417. The Hall–Kier alpha value is -1.65. The Balaban J connectivity index is 2.37. The Morgan fingerprint density at radius 2 is 2.20 bits per heavy atom. The molecule has 1 N–H and O–H groups in total. The highest BCUT2D eigenvalue weighted by atomic mass is 19.1. The molecule has 1 unspecified atom stereocenters. The number of hydrogen-bond donors (Lipinski definition) is 1. The Morgan fingerprint density at radius 3 is 2.87 bits per heavy atom. The van der Waals surface area contributed by atoms with Crippen LogP contribution in [0.25, 0.3) is 0 Å². The molecule has 0 spiro atoms. The molecule has 5 heteroatoms. The minimum absolute atomic E-state index is 0.00819. The standard InChI is InChI=1S/C10H8F2O3/c11-5-3-7(12)6-1-2-8(10(13)14)15-9(6)4-5/h3-4,8H,1-2H2,(H,13,14). The fraction of sp³-hybridized carbons (Fsp3) is 0.300. The van der Waals surface area contributed by atoms with Crippen molar-refractivity contribution in [2.45, 2.75) is 18.9 Å². The van der Waals surface area contributed by atoms with Gasteiger partial charge in [0.05, 0.1) is 0 Å². The lowest BCUT2D eigenvalue weighted by atomic mass is 10.0. The molecule has 2 rings (SSSR count). The minimum atomic E-state index is -1.12. The summed E-state index contributed by atoms with van der Waals surface area (Å²) in [5.74, 6) is -2.58. The second-order valence-corrected chi connectivity index (χ2v) is 3.35. The van der Waals surface area contributed by atoms with Crippen LogP contribution in [-0.2, 0) is 11.2 Å². The average molecular weight is 214 g/mol. The van der Waals surface area contributed by atoms with Crippen LogP contribution in [0.4, 0.5) is 8.78 Å². The molecule has 0 fully saturated rings. The summed E-state index contributed by atoms with van der Waals surface area (Å²) >= 11 is 0. The van der Waals surface area contributed by atoms with Gasteiger partial charge in [0.2, 0.25) is 0 Å². The van der Waals surface area contributed by atoms with Crippen molar-refractivity contribution in [3.05, 3.63) is 29.3 Å². The molecule has 1 aliphatic rings. The molecule has 1 atom stereocenters. The van der Waals surface area contributed by atoms with E-state index in [0.717, 1.165) is 12.1 Å². The summed E-state index contributed by atoms with van der Waals surface area (Å²) in [6.07, 6.45) is -0.567. The lowest BCUT2D eigenvalue weighted by molar-refractivity contribution is -0.145. The van der Waals surface area contributed by atoms with E-state index in [2.05, 4.69) is 0 Å². The molecule has 0 aliphatic carbocycles. The van der Waals surface area contributed by atoms with E-state index in [4.69, 9.17) is 9.84 Å². The van der Waals surface area contributed by atoms with Gasteiger partial charge in [-0.15, -0.1) is 0 Å². The quantitative estimate of drug-likeness (QED) is 0.774. The molecule has 80 valence electrons. The van der Waals surface area contributed by atoms with Gasteiger partial charge in [-0.1, -0.05) is 0 Å². The summed E-state index contributed by atoms with van der Waals surface area (Å²) in [5, 5.41) is 8.69. The second kappa shape index (κ2) is 3.49. The fourth-order valence-electron chi connectivity index (χ4n) is 1.59. The predicted octanol–water partition coefficient (Wildman–Crippen LogP) is 1.74. The summed E-state index contributed by atoms with van der Waals surface area (Å²) in [6.45, 7) is 0. The van der Waals surface area contributed by atoms with Crippen LogP contribution in [0.15, 0.2) is 12.1 Å². The Labute approximate surface area is 84.3 Å². The van der Waals surface area contributed by atoms with Gasteiger partial charge < -0.3 is 9.84 Å². The highest BCUT2D eigenvalue weighted by molar-refractivity contribution is 5.73. The predicted molar refractivity (Wildman–Crippen MR) is 46.7 cm³/mol. The van der Waals surface area contributed by atoms with Crippen molar-refractivity contribution in [3.63, 3.8) is 0 Å². The molecule has 0 saturated carbocycles. The van der Waals surface area contributed by atoms with E-state index in [-0.39, 0.29) is 24.2 Å². The summed E-state index contributed by atoms with van der Waals surface area (Å²) in [4.78, 5) is 10.6. The summed E-state index contributed by atoms with van der Waals surface area (Å²) in [6, 6.07) is 1.77. The van der Waals surface area contributed by atoms with Gasteiger partial charge in [-0.05, 0) is 12.8 Å². The molecule has 0 radical (unpaired) electrons. The maximum Gasteiger partial charge on any atom is 0.344 e. The molecule has 1 heterocycles. The number of carbonyl (C=O) groups is 1. The van der Waals surface area contributed by atoms with Crippen molar-refractivity contribution in [1.82, 2.24) is 0 Å². The van der Waals surface area contributed by atoms with Crippen LogP contribution in [0, 0.1) is 11.6 Å². The first-order valence-electron chi connectivity index (χ1n) is 4.45. The highest BCUT2D eigenvalue weighted by Gasteiger charge is 2.27. The van der Waals surface area contributed by atoms with Crippen LogP contribution in [0.5, 0.6) is 5.75 Å². The van der Waals surface area contributed by atoms with Crippen molar-refractivity contribution in [2.75, 3.05) is 0 Å². The number of halogens is 2. The van der Waals surface area contributed by atoms with E-state index >= 15 is 0 Å². The molecular weight excluding hydrogens is 206 g/mol. The molecule has 15 heavy (non-hydrogen) atoms. The van der Waals surface area contributed by atoms with Crippen molar-refractivity contribution in [2.24, 2.45) is 0 Å². The van der Waals surface area contributed by atoms with Crippen LogP contribution < -0.4 is 4.74 Å². The third-order valence-corrected chi connectivity index (χ3v) is 2.32. The molecule has 0 amide bonds. The van der Waals surface area contributed by atoms with Gasteiger partial charge in [0, 0.05) is 17.7 Å². The van der Waals surface area contributed by atoms with Gasteiger partial charge in [0.1, 0.15) is 17.4 Å². The van der Waals surface area contributed by atoms with E-state index in [1.54, 1.807) is 0 Å². The Morgan fingerprint density at radius 1 is 1.47 bits per heavy atom. The maximum atomic E-state index is 13.2. The first kappa shape index (κ1) is 9.89. The Kier molecular flexibility index (Phi) is 2.30. The van der Waals surface area contributed by atoms with Crippen LogP contribution >= 0.6 is 0 Å². The molecule has 1 aliphatic heterocycles. The molecule has 1 aromatic carbocycles. The number of aliphatic carboxylic acids is 1. The fourth-order valence-corrected chi connectivity index (χ4v) is 1.59. The monoisotopic (exact) mass is 214 g/mol. The van der Waals surface area contributed by atoms with Crippen molar-refractivity contribution >= 4 is 5.97 Å². The van der Waals surface area contributed by atoms with E-state index in [1.165, 1.54) is 0 Å². The van der Waals surface area contributed by atoms with E-state index in [1.807, 2.05) is 0 Å². The van der Waals surface area contributed by atoms with E-state index < -0.39 is 23.7 Å². The second-order valence-electron chi connectivity index (χ2n) is 3.35. The van der Waals surface area contributed by atoms with Crippen LogP contribution in [0.3, 0.4) is 0 Å². The number of hydrogen-bond acceptors (Lipinski definition) is 2. The molecule has 3 nitrogen and oxygen atoms in total. The zero-order valence-corrected chi connectivity index (χ0v) is 7.67. The zero-order chi connectivity index (χ0) is 11.0. The van der Waals surface area contributed by atoms with Crippen LogP contribution in [-0.4, -0.2) is 17.2 Å². The van der Waals surface area contributed by atoms with Gasteiger partial charge in [0.15, 0.2) is 6.10 Å². The number of rotatable bonds is 1. The maximum absolute atomic E-state index is 13.2. The van der Waals surface area contributed by atoms with E-state index in [9.17, 15) is 13.6 Å². The van der Waals surface area contributed by atoms with Gasteiger partial charge >= 0.3 is 5.97 Å². The number of ether oxygens (including phenoxy) is 1. The number of carboxylic acids is 1. The smallest absolute Gasteiger partial charge is 0.344 e. The van der Waals surface area contributed by atoms with Gasteiger partial charge in [-0.25, -0.2) is 13.6 Å². The average Bonchev–Trinajstić information content (AvgIpc) is 2.16. The summed E-state index contributed by atoms with van der Waals surface area (Å²) in [7, 11) is 0. The summed E-state index contributed by atoms with van der Waals surface area (Å²) < 4.78 is 31.0. The lowest BCUT2D eigenvalue weighted by Crippen LogP contribution is -2.31.